The monoisotopic (exact) mass is 309 g/mol. The van der Waals surface area contributed by atoms with Crippen LogP contribution in [0.2, 0.25) is 0 Å². The van der Waals surface area contributed by atoms with Crippen molar-refractivity contribution in [1.29, 1.82) is 0 Å². The molecule has 20 heavy (non-hydrogen) atoms. The first-order valence-corrected chi connectivity index (χ1v) is 8.02. The maximum atomic E-state index is 12.2. The van der Waals surface area contributed by atoms with Gasteiger partial charge in [-0.3, -0.25) is 9.40 Å². The number of nitrogens with one attached hydrogen (secondary N) is 1. The first kappa shape index (κ1) is 15.2. The van der Waals surface area contributed by atoms with Crippen LogP contribution in [-0.4, -0.2) is 43.1 Å². The van der Waals surface area contributed by atoms with Crippen LogP contribution in [0.4, 0.5) is 14.5 Å². The summed E-state index contributed by atoms with van der Waals surface area (Å²) in [6.45, 7) is 0.0139. The van der Waals surface area contributed by atoms with Gasteiger partial charge >= 0.3 is 0 Å². The van der Waals surface area contributed by atoms with E-state index in [9.17, 15) is 17.2 Å². The molecular formula is C11H17F2N3O3S. The molecule has 1 aliphatic heterocycles. The second-order valence-electron chi connectivity index (χ2n) is 4.71. The predicted octanol–water partition coefficient (Wildman–Crippen LogP) is 1.46. The van der Waals surface area contributed by atoms with E-state index >= 15 is 0 Å². The average Bonchev–Trinajstić information content (AvgIpc) is 2.75. The maximum Gasteiger partial charge on any atom is 0.257 e. The maximum absolute atomic E-state index is 12.2. The quantitative estimate of drug-likeness (QED) is 0.863. The molecular weight excluding hydrogens is 292 g/mol. The Morgan fingerprint density at radius 2 is 2.30 bits per heavy atom. The van der Waals surface area contributed by atoms with Crippen molar-refractivity contribution < 1.29 is 21.9 Å². The van der Waals surface area contributed by atoms with Crippen molar-refractivity contribution in [2.75, 3.05) is 17.1 Å². The van der Waals surface area contributed by atoms with E-state index in [1.165, 1.54) is 12.4 Å². The lowest BCUT2D eigenvalue weighted by Gasteiger charge is -2.22. The van der Waals surface area contributed by atoms with Gasteiger partial charge in [-0.25, -0.2) is 17.2 Å². The fourth-order valence-electron chi connectivity index (χ4n) is 2.06. The van der Waals surface area contributed by atoms with Crippen LogP contribution in [0.3, 0.4) is 0 Å². The molecule has 0 aromatic carbocycles. The summed E-state index contributed by atoms with van der Waals surface area (Å²) in [5.74, 6) is -0.132. The summed E-state index contributed by atoms with van der Waals surface area (Å²) in [5.41, 5.74) is 0.182. The fraction of sp³-hybridized carbons (Fsp3) is 0.727. The summed E-state index contributed by atoms with van der Waals surface area (Å²) >= 11 is 0. The second-order valence-corrected chi connectivity index (χ2v) is 6.48. The Hall–Kier alpha value is -1.22. The van der Waals surface area contributed by atoms with Crippen LogP contribution in [0.15, 0.2) is 12.4 Å². The van der Waals surface area contributed by atoms with Crippen LogP contribution >= 0.6 is 0 Å². The van der Waals surface area contributed by atoms with Crippen LogP contribution in [0.25, 0.3) is 0 Å². The standard InChI is InChI=1S/C11H17F2N3O3S/c12-11(13)7-16-6-9(5-14-16)15-20(17,18)8-10-3-1-2-4-19-10/h5-6,10-11,15H,1-4,7-8H2/t10-/m1/s1. The van der Waals surface area contributed by atoms with Gasteiger partial charge in [-0.1, -0.05) is 0 Å². The molecule has 0 unspecified atom stereocenters. The van der Waals surface area contributed by atoms with Gasteiger partial charge in [0.25, 0.3) is 6.43 Å². The molecule has 9 heteroatoms. The summed E-state index contributed by atoms with van der Waals surface area (Å²) < 4.78 is 56.9. The Kier molecular flexibility index (Phi) is 4.92. The van der Waals surface area contributed by atoms with Crippen molar-refractivity contribution in [3.8, 4) is 0 Å². The fourth-order valence-corrected chi connectivity index (χ4v) is 3.36. The number of sulfonamides is 1. The largest absolute Gasteiger partial charge is 0.377 e. The molecule has 1 aliphatic rings. The zero-order valence-electron chi connectivity index (χ0n) is 10.8. The lowest BCUT2D eigenvalue weighted by molar-refractivity contribution is 0.0306. The van der Waals surface area contributed by atoms with Gasteiger partial charge in [0.15, 0.2) is 0 Å². The number of ether oxygens (including phenoxy) is 1. The van der Waals surface area contributed by atoms with Crippen molar-refractivity contribution >= 4 is 15.7 Å². The normalized spacial score (nSPS) is 20.2. The molecule has 0 saturated carbocycles. The first-order valence-electron chi connectivity index (χ1n) is 6.37. The third-order valence-electron chi connectivity index (χ3n) is 2.91. The van der Waals surface area contributed by atoms with Crippen molar-refractivity contribution in [2.24, 2.45) is 0 Å². The minimum Gasteiger partial charge on any atom is -0.377 e. The highest BCUT2D eigenvalue weighted by atomic mass is 32.2. The zero-order valence-corrected chi connectivity index (χ0v) is 11.7. The highest BCUT2D eigenvalue weighted by Crippen LogP contribution is 2.16. The number of halogens is 2. The van der Waals surface area contributed by atoms with Crippen LogP contribution in [0.1, 0.15) is 19.3 Å². The lowest BCUT2D eigenvalue weighted by Crippen LogP contribution is -2.30. The molecule has 1 aromatic rings. The Morgan fingerprint density at radius 1 is 1.50 bits per heavy atom. The van der Waals surface area contributed by atoms with Gasteiger partial charge in [0, 0.05) is 12.8 Å². The van der Waals surface area contributed by atoms with E-state index in [0.29, 0.717) is 13.0 Å². The minimum absolute atomic E-state index is 0.132. The molecule has 2 rings (SSSR count). The van der Waals surface area contributed by atoms with E-state index in [1.54, 1.807) is 0 Å². The molecule has 0 aliphatic carbocycles. The number of nitrogens with zero attached hydrogens (tertiary/aromatic N) is 2. The summed E-state index contributed by atoms with van der Waals surface area (Å²) in [5, 5.41) is 3.67. The second kappa shape index (κ2) is 6.49. The summed E-state index contributed by atoms with van der Waals surface area (Å²) in [6.07, 6.45) is 2.22. The molecule has 0 bridgehead atoms. The molecule has 1 aromatic heterocycles. The molecule has 6 nitrogen and oxygen atoms in total. The third kappa shape index (κ3) is 4.71. The number of hydrogen-bond donors (Lipinski definition) is 1. The number of rotatable bonds is 6. The predicted molar refractivity (Wildman–Crippen MR) is 69.2 cm³/mol. The van der Waals surface area contributed by atoms with Gasteiger partial charge in [-0.2, -0.15) is 5.10 Å². The van der Waals surface area contributed by atoms with Gasteiger partial charge in [0.2, 0.25) is 10.0 Å². The minimum atomic E-state index is -3.57. The molecule has 1 atom stereocenters. The topological polar surface area (TPSA) is 73.2 Å². The zero-order chi connectivity index (χ0) is 14.6. The van der Waals surface area contributed by atoms with Gasteiger partial charge in [-0.15, -0.1) is 0 Å². The SMILES string of the molecule is O=S(=O)(C[C@H]1CCCCO1)Nc1cnn(CC(F)F)c1. The number of hydrogen-bond acceptors (Lipinski definition) is 4. The van der Waals surface area contributed by atoms with E-state index in [4.69, 9.17) is 4.74 Å². The molecule has 1 saturated heterocycles. The lowest BCUT2D eigenvalue weighted by atomic mass is 10.1. The molecule has 114 valence electrons. The van der Waals surface area contributed by atoms with Crippen molar-refractivity contribution in [3.63, 3.8) is 0 Å². The van der Waals surface area contributed by atoms with Crippen LogP contribution < -0.4 is 4.72 Å². The molecule has 0 spiro atoms. The summed E-state index contributed by atoms with van der Waals surface area (Å²) in [7, 11) is -3.57. The number of alkyl halides is 2. The Morgan fingerprint density at radius 3 is 2.95 bits per heavy atom. The van der Waals surface area contributed by atoms with Crippen molar-refractivity contribution in [3.05, 3.63) is 12.4 Å². The van der Waals surface area contributed by atoms with E-state index in [1.807, 2.05) is 0 Å². The summed E-state index contributed by atoms with van der Waals surface area (Å²) in [6, 6.07) is 0. The molecule has 2 heterocycles. The van der Waals surface area contributed by atoms with Crippen LogP contribution in [-0.2, 0) is 21.3 Å². The van der Waals surface area contributed by atoms with Gasteiger partial charge in [0.1, 0.15) is 6.54 Å². The van der Waals surface area contributed by atoms with Gasteiger partial charge in [0.05, 0.1) is 23.7 Å². The van der Waals surface area contributed by atoms with E-state index in [2.05, 4.69) is 9.82 Å². The highest BCUT2D eigenvalue weighted by molar-refractivity contribution is 7.92. The van der Waals surface area contributed by atoms with E-state index in [0.717, 1.165) is 17.5 Å². The van der Waals surface area contributed by atoms with Crippen molar-refractivity contribution in [1.82, 2.24) is 9.78 Å². The smallest absolute Gasteiger partial charge is 0.257 e. The molecule has 1 fully saturated rings. The van der Waals surface area contributed by atoms with E-state index < -0.39 is 23.0 Å². The van der Waals surface area contributed by atoms with Crippen LogP contribution in [0.5, 0.6) is 0 Å². The van der Waals surface area contributed by atoms with E-state index in [-0.39, 0.29) is 17.5 Å². The Balaban J connectivity index is 1.91. The molecule has 1 N–H and O–H groups in total. The first-order chi connectivity index (χ1) is 9.44. The third-order valence-corrected chi connectivity index (χ3v) is 4.27. The Bertz CT molecular complexity index is 527. The van der Waals surface area contributed by atoms with Crippen molar-refractivity contribution in [2.45, 2.75) is 38.3 Å². The highest BCUT2D eigenvalue weighted by Gasteiger charge is 2.22. The van der Waals surface area contributed by atoms with Crippen LogP contribution in [0, 0.1) is 0 Å². The van der Waals surface area contributed by atoms with Gasteiger partial charge < -0.3 is 4.74 Å². The average molecular weight is 309 g/mol. The molecule has 0 amide bonds. The Labute approximate surface area is 116 Å². The van der Waals surface area contributed by atoms with Gasteiger partial charge in [-0.05, 0) is 19.3 Å². The molecule has 0 radical (unpaired) electrons. The number of aromatic nitrogens is 2. The number of anilines is 1. The summed E-state index contributed by atoms with van der Waals surface area (Å²) in [4.78, 5) is 0.